The molecule has 1 heterocycles. The third kappa shape index (κ3) is 4.31. The van der Waals surface area contributed by atoms with E-state index >= 15 is 0 Å². The Morgan fingerprint density at radius 2 is 2.26 bits per heavy atom. The fourth-order valence-electron chi connectivity index (χ4n) is 2.63. The number of hydrogen-bond acceptors (Lipinski definition) is 4. The van der Waals surface area contributed by atoms with Gasteiger partial charge in [-0.1, -0.05) is 30.9 Å². The molecule has 1 amide bonds. The predicted octanol–water partition coefficient (Wildman–Crippen LogP) is 0.937. The quantitative estimate of drug-likeness (QED) is 0.718. The smallest absolute Gasteiger partial charge is 0.273 e. The Morgan fingerprint density at radius 1 is 1.47 bits per heavy atom. The van der Waals surface area contributed by atoms with E-state index in [2.05, 4.69) is 15.6 Å². The highest BCUT2D eigenvalue weighted by Gasteiger charge is 2.15. The SMILES string of the molecule is NCCn1cc(C(=O)NCCCC2CCCC2)nn1. The molecular formula is C13H23N5O. The second kappa shape index (κ2) is 7.23. The Balaban J connectivity index is 1.65. The molecule has 1 aromatic rings. The molecule has 1 aliphatic carbocycles. The van der Waals surface area contributed by atoms with Gasteiger partial charge in [0.05, 0.1) is 12.7 Å². The molecule has 0 atom stereocenters. The summed E-state index contributed by atoms with van der Waals surface area (Å²) in [5.74, 6) is 0.733. The van der Waals surface area contributed by atoms with E-state index in [0.717, 1.165) is 18.9 Å². The molecule has 0 radical (unpaired) electrons. The zero-order chi connectivity index (χ0) is 13.5. The first-order valence-corrected chi connectivity index (χ1v) is 7.18. The summed E-state index contributed by atoms with van der Waals surface area (Å²) in [7, 11) is 0. The third-order valence-electron chi connectivity index (χ3n) is 3.68. The van der Waals surface area contributed by atoms with E-state index < -0.39 is 0 Å². The van der Waals surface area contributed by atoms with Crippen LogP contribution >= 0.6 is 0 Å². The molecule has 6 nitrogen and oxygen atoms in total. The van der Waals surface area contributed by atoms with Gasteiger partial charge in [-0.25, -0.2) is 0 Å². The van der Waals surface area contributed by atoms with Crippen molar-refractivity contribution >= 4 is 5.91 Å². The first kappa shape index (κ1) is 14.0. The number of hydrogen-bond donors (Lipinski definition) is 2. The highest BCUT2D eigenvalue weighted by molar-refractivity contribution is 5.91. The Bertz CT molecular complexity index is 397. The molecule has 106 valence electrons. The van der Waals surface area contributed by atoms with Crippen LogP contribution in [-0.4, -0.2) is 34.0 Å². The highest BCUT2D eigenvalue weighted by Crippen LogP contribution is 2.28. The van der Waals surface area contributed by atoms with Crippen LogP contribution in [0.5, 0.6) is 0 Å². The molecule has 1 aromatic heterocycles. The van der Waals surface area contributed by atoms with E-state index in [-0.39, 0.29) is 5.91 Å². The minimum Gasteiger partial charge on any atom is -0.351 e. The van der Waals surface area contributed by atoms with Crippen LogP contribution in [0.2, 0.25) is 0 Å². The van der Waals surface area contributed by atoms with Crippen LogP contribution in [0.1, 0.15) is 49.0 Å². The number of carbonyl (C=O) groups excluding carboxylic acids is 1. The standard InChI is InChI=1S/C13H23N5O/c14-7-9-18-10-12(16-17-18)13(19)15-8-3-6-11-4-1-2-5-11/h10-11H,1-9,14H2,(H,15,19). The molecule has 0 spiro atoms. The number of carbonyl (C=O) groups is 1. The number of nitrogens with zero attached hydrogens (tertiary/aromatic N) is 3. The van der Waals surface area contributed by atoms with Crippen molar-refractivity contribution in [3.05, 3.63) is 11.9 Å². The lowest BCUT2D eigenvalue weighted by Gasteiger charge is -2.08. The molecule has 2 rings (SSSR count). The Labute approximate surface area is 113 Å². The minimum atomic E-state index is -0.144. The van der Waals surface area contributed by atoms with Gasteiger partial charge in [0.15, 0.2) is 5.69 Å². The fraction of sp³-hybridized carbons (Fsp3) is 0.769. The van der Waals surface area contributed by atoms with Gasteiger partial charge < -0.3 is 11.1 Å². The Morgan fingerprint density at radius 3 is 3.00 bits per heavy atom. The van der Waals surface area contributed by atoms with Gasteiger partial charge in [-0.2, -0.15) is 0 Å². The number of nitrogens with two attached hydrogens (primary N) is 1. The first-order valence-electron chi connectivity index (χ1n) is 7.18. The van der Waals surface area contributed by atoms with E-state index in [1.165, 1.54) is 32.1 Å². The van der Waals surface area contributed by atoms with Crippen LogP contribution < -0.4 is 11.1 Å². The number of nitrogens with one attached hydrogen (secondary N) is 1. The van der Waals surface area contributed by atoms with Crippen molar-refractivity contribution in [2.75, 3.05) is 13.1 Å². The van der Waals surface area contributed by atoms with Crippen molar-refractivity contribution in [1.29, 1.82) is 0 Å². The maximum absolute atomic E-state index is 11.8. The van der Waals surface area contributed by atoms with Crippen LogP contribution in [0.4, 0.5) is 0 Å². The molecule has 6 heteroatoms. The van der Waals surface area contributed by atoms with Gasteiger partial charge in [0, 0.05) is 13.1 Å². The summed E-state index contributed by atoms with van der Waals surface area (Å²) in [6, 6.07) is 0. The van der Waals surface area contributed by atoms with Gasteiger partial charge in [0.2, 0.25) is 0 Å². The number of aromatic nitrogens is 3. The summed E-state index contributed by atoms with van der Waals surface area (Å²) >= 11 is 0. The molecule has 0 saturated heterocycles. The van der Waals surface area contributed by atoms with E-state index in [1.807, 2.05) is 0 Å². The lowest BCUT2D eigenvalue weighted by molar-refractivity contribution is 0.0947. The largest absolute Gasteiger partial charge is 0.351 e. The average Bonchev–Trinajstić information content (AvgIpc) is 3.06. The fourth-order valence-corrected chi connectivity index (χ4v) is 2.63. The van der Waals surface area contributed by atoms with E-state index in [0.29, 0.717) is 18.8 Å². The first-order chi connectivity index (χ1) is 9.29. The van der Waals surface area contributed by atoms with Crippen molar-refractivity contribution in [2.24, 2.45) is 11.7 Å². The summed E-state index contributed by atoms with van der Waals surface area (Å²) in [4.78, 5) is 11.8. The van der Waals surface area contributed by atoms with Crippen LogP contribution in [0.3, 0.4) is 0 Å². The predicted molar refractivity (Wildman–Crippen MR) is 72.6 cm³/mol. The highest BCUT2D eigenvalue weighted by atomic mass is 16.2. The van der Waals surface area contributed by atoms with E-state index in [1.54, 1.807) is 10.9 Å². The Hall–Kier alpha value is -1.43. The number of rotatable bonds is 7. The van der Waals surface area contributed by atoms with Gasteiger partial charge in [-0.3, -0.25) is 9.48 Å². The molecule has 1 saturated carbocycles. The molecule has 0 unspecified atom stereocenters. The second-order valence-corrected chi connectivity index (χ2v) is 5.20. The maximum atomic E-state index is 11.8. The summed E-state index contributed by atoms with van der Waals surface area (Å²) in [6.07, 6.45) is 9.39. The second-order valence-electron chi connectivity index (χ2n) is 5.20. The molecular weight excluding hydrogens is 242 g/mol. The third-order valence-corrected chi connectivity index (χ3v) is 3.68. The van der Waals surface area contributed by atoms with Gasteiger partial charge in [-0.15, -0.1) is 5.10 Å². The van der Waals surface area contributed by atoms with Crippen molar-refractivity contribution in [1.82, 2.24) is 20.3 Å². The topological polar surface area (TPSA) is 85.8 Å². The van der Waals surface area contributed by atoms with Crippen molar-refractivity contribution in [3.8, 4) is 0 Å². The lowest BCUT2D eigenvalue weighted by atomic mass is 10.0. The van der Waals surface area contributed by atoms with Crippen LogP contribution in [0, 0.1) is 5.92 Å². The van der Waals surface area contributed by atoms with Crippen molar-refractivity contribution in [2.45, 2.75) is 45.1 Å². The van der Waals surface area contributed by atoms with Crippen LogP contribution in [0.15, 0.2) is 6.20 Å². The molecule has 0 aliphatic heterocycles. The lowest BCUT2D eigenvalue weighted by Crippen LogP contribution is -2.25. The molecule has 3 N–H and O–H groups in total. The minimum absolute atomic E-state index is 0.144. The van der Waals surface area contributed by atoms with Gasteiger partial charge in [0.1, 0.15) is 0 Å². The summed E-state index contributed by atoms with van der Waals surface area (Å²) in [5, 5.41) is 10.6. The molecule has 19 heavy (non-hydrogen) atoms. The summed E-state index contributed by atoms with van der Waals surface area (Å²) < 4.78 is 1.59. The van der Waals surface area contributed by atoms with Crippen molar-refractivity contribution in [3.63, 3.8) is 0 Å². The summed E-state index contributed by atoms with van der Waals surface area (Å²) in [6.45, 7) is 1.80. The van der Waals surface area contributed by atoms with E-state index in [9.17, 15) is 4.79 Å². The molecule has 1 aliphatic rings. The molecule has 0 bridgehead atoms. The molecule has 0 aromatic carbocycles. The average molecular weight is 265 g/mol. The van der Waals surface area contributed by atoms with Gasteiger partial charge >= 0.3 is 0 Å². The van der Waals surface area contributed by atoms with Gasteiger partial charge in [0.25, 0.3) is 5.91 Å². The zero-order valence-electron chi connectivity index (χ0n) is 11.3. The normalized spacial score (nSPS) is 15.8. The summed E-state index contributed by atoms with van der Waals surface area (Å²) in [5.41, 5.74) is 5.78. The van der Waals surface area contributed by atoms with Crippen molar-refractivity contribution < 1.29 is 4.79 Å². The number of amides is 1. The monoisotopic (exact) mass is 265 g/mol. The molecule has 1 fully saturated rings. The van der Waals surface area contributed by atoms with Crippen LogP contribution in [-0.2, 0) is 6.54 Å². The Kier molecular flexibility index (Phi) is 5.32. The van der Waals surface area contributed by atoms with E-state index in [4.69, 9.17) is 5.73 Å². The maximum Gasteiger partial charge on any atom is 0.273 e. The van der Waals surface area contributed by atoms with Gasteiger partial charge in [-0.05, 0) is 18.8 Å². The zero-order valence-corrected chi connectivity index (χ0v) is 11.3. The van der Waals surface area contributed by atoms with Crippen LogP contribution in [0.25, 0.3) is 0 Å².